The summed E-state index contributed by atoms with van der Waals surface area (Å²) in [5, 5.41) is 4.35. The summed E-state index contributed by atoms with van der Waals surface area (Å²) < 4.78 is 13.4. The number of aromatic nitrogens is 1. The van der Waals surface area contributed by atoms with Gasteiger partial charge >= 0.3 is 0 Å². The fourth-order valence-corrected chi connectivity index (χ4v) is 2.12. The van der Waals surface area contributed by atoms with Crippen LogP contribution < -0.4 is 5.32 Å². The van der Waals surface area contributed by atoms with Crippen molar-refractivity contribution in [3.63, 3.8) is 0 Å². The van der Waals surface area contributed by atoms with Gasteiger partial charge in [0.25, 0.3) is 0 Å². The molecule has 18 heavy (non-hydrogen) atoms. The van der Waals surface area contributed by atoms with Gasteiger partial charge < -0.3 is 5.32 Å². The number of anilines is 1. The molecule has 96 valence electrons. The second kappa shape index (κ2) is 5.34. The quantitative estimate of drug-likeness (QED) is 0.879. The molecule has 0 aliphatic rings. The van der Waals surface area contributed by atoms with Crippen LogP contribution in [0.3, 0.4) is 0 Å². The molecule has 2 nitrogen and oxygen atoms in total. The van der Waals surface area contributed by atoms with Crippen molar-refractivity contribution in [1.29, 1.82) is 0 Å². The van der Waals surface area contributed by atoms with E-state index in [0.717, 1.165) is 41.7 Å². The Kier molecular flexibility index (Phi) is 3.80. The van der Waals surface area contributed by atoms with Gasteiger partial charge in [0.15, 0.2) is 0 Å². The summed E-state index contributed by atoms with van der Waals surface area (Å²) in [5.41, 5.74) is 2.85. The number of nitrogens with zero attached hydrogens (tertiary/aromatic N) is 1. The highest BCUT2D eigenvalue weighted by molar-refractivity contribution is 5.84. The highest BCUT2D eigenvalue weighted by Gasteiger charge is 2.08. The smallest absolute Gasteiger partial charge is 0.129 e. The summed E-state index contributed by atoms with van der Waals surface area (Å²) in [6.07, 6.45) is 1.97. The molecule has 0 amide bonds. The maximum absolute atomic E-state index is 13.4. The molecule has 3 heteroatoms. The zero-order valence-electron chi connectivity index (χ0n) is 11.2. The monoisotopic (exact) mass is 246 g/mol. The zero-order chi connectivity index (χ0) is 13.1. The molecular formula is C15H19FN2. The molecule has 0 saturated carbocycles. The molecule has 1 aromatic carbocycles. The van der Waals surface area contributed by atoms with Gasteiger partial charge in [0, 0.05) is 18.0 Å². The van der Waals surface area contributed by atoms with E-state index < -0.39 is 0 Å². The first-order valence-electron chi connectivity index (χ1n) is 6.49. The molecule has 0 spiro atoms. The van der Waals surface area contributed by atoms with E-state index in [4.69, 9.17) is 0 Å². The summed E-state index contributed by atoms with van der Waals surface area (Å²) in [5.74, 6) is 0.662. The van der Waals surface area contributed by atoms with Gasteiger partial charge in [-0.2, -0.15) is 0 Å². The van der Waals surface area contributed by atoms with Gasteiger partial charge in [-0.3, -0.25) is 0 Å². The van der Waals surface area contributed by atoms with Gasteiger partial charge in [-0.25, -0.2) is 9.37 Å². The number of benzene rings is 1. The minimum Gasteiger partial charge on any atom is -0.370 e. The minimum atomic E-state index is -0.224. The average Bonchev–Trinajstić information content (AvgIpc) is 2.35. The van der Waals surface area contributed by atoms with E-state index in [2.05, 4.69) is 30.2 Å². The van der Waals surface area contributed by atoms with Crippen molar-refractivity contribution in [2.24, 2.45) is 0 Å². The van der Waals surface area contributed by atoms with Crippen molar-refractivity contribution in [2.75, 3.05) is 11.9 Å². The van der Waals surface area contributed by atoms with Crippen LogP contribution in [0.2, 0.25) is 0 Å². The van der Waals surface area contributed by atoms with Gasteiger partial charge in [-0.1, -0.05) is 13.8 Å². The number of pyridine rings is 1. The summed E-state index contributed by atoms with van der Waals surface area (Å²) in [6, 6.07) is 5.18. The molecule has 2 aromatic rings. The SMILES string of the molecule is CCCNc1nc2cc(F)cc(C)c2cc1CC. The van der Waals surface area contributed by atoms with Crippen molar-refractivity contribution >= 4 is 16.7 Å². The lowest BCUT2D eigenvalue weighted by molar-refractivity contribution is 0.628. The second-order valence-corrected chi connectivity index (χ2v) is 4.57. The van der Waals surface area contributed by atoms with Crippen molar-refractivity contribution in [3.05, 3.63) is 35.1 Å². The van der Waals surface area contributed by atoms with Crippen molar-refractivity contribution in [3.8, 4) is 0 Å². The summed E-state index contributed by atoms with van der Waals surface area (Å²) in [7, 11) is 0. The maximum Gasteiger partial charge on any atom is 0.129 e. The Morgan fingerprint density at radius 1 is 1.22 bits per heavy atom. The van der Waals surface area contributed by atoms with Crippen LogP contribution in [0.25, 0.3) is 10.9 Å². The molecule has 0 radical (unpaired) electrons. The molecule has 2 rings (SSSR count). The Bertz CT molecular complexity index is 564. The third kappa shape index (κ3) is 2.45. The molecule has 1 N–H and O–H groups in total. The van der Waals surface area contributed by atoms with E-state index in [1.165, 1.54) is 11.6 Å². The van der Waals surface area contributed by atoms with E-state index >= 15 is 0 Å². The number of hydrogen-bond acceptors (Lipinski definition) is 2. The summed E-state index contributed by atoms with van der Waals surface area (Å²) in [4.78, 5) is 4.55. The number of aryl methyl sites for hydroxylation is 2. The molecule has 0 atom stereocenters. The molecule has 0 fully saturated rings. The van der Waals surface area contributed by atoms with E-state index in [9.17, 15) is 4.39 Å². The second-order valence-electron chi connectivity index (χ2n) is 4.57. The molecule has 0 aliphatic heterocycles. The van der Waals surface area contributed by atoms with Crippen LogP contribution in [0.15, 0.2) is 18.2 Å². The first-order chi connectivity index (χ1) is 8.65. The Morgan fingerprint density at radius 3 is 2.67 bits per heavy atom. The standard InChI is InChI=1S/C15H19FN2/c1-4-6-17-15-11(5-2)8-13-10(3)7-12(16)9-14(13)18-15/h7-9H,4-6H2,1-3H3,(H,17,18). The Hall–Kier alpha value is -1.64. The third-order valence-electron chi connectivity index (χ3n) is 3.11. The molecule has 1 aromatic heterocycles. The molecule has 0 unspecified atom stereocenters. The predicted molar refractivity (Wildman–Crippen MR) is 74.6 cm³/mol. The fourth-order valence-electron chi connectivity index (χ4n) is 2.12. The lowest BCUT2D eigenvalue weighted by atomic mass is 10.1. The van der Waals surface area contributed by atoms with E-state index in [1.54, 1.807) is 6.07 Å². The molecule has 1 heterocycles. The average molecular weight is 246 g/mol. The largest absolute Gasteiger partial charge is 0.370 e. The number of fused-ring (bicyclic) bond motifs is 1. The zero-order valence-corrected chi connectivity index (χ0v) is 11.2. The Morgan fingerprint density at radius 2 is 2.00 bits per heavy atom. The van der Waals surface area contributed by atoms with Crippen molar-refractivity contribution in [1.82, 2.24) is 4.98 Å². The molecule has 0 aliphatic carbocycles. The van der Waals surface area contributed by atoms with Gasteiger partial charge in [0.05, 0.1) is 5.52 Å². The fraction of sp³-hybridized carbons (Fsp3) is 0.400. The molecular weight excluding hydrogens is 227 g/mol. The highest BCUT2D eigenvalue weighted by Crippen LogP contribution is 2.24. The number of hydrogen-bond donors (Lipinski definition) is 1. The van der Waals surface area contributed by atoms with Crippen molar-refractivity contribution in [2.45, 2.75) is 33.6 Å². The summed E-state index contributed by atoms with van der Waals surface area (Å²) in [6.45, 7) is 7.04. The Balaban J connectivity index is 2.57. The number of nitrogens with one attached hydrogen (secondary N) is 1. The van der Waals surface area contributed by atoms with Crippen LogP contribution in [0, 0.1) is 12.7 Å². The van der Waals surface area contributed by atoms with Gasteiger partial charge in [-0.15, -0.1) is 0 Å². The van der Waals surface area contributed by atoms with Crippen molar-refractivity contribution < 1.29 is 4.39 Å². The van der Waals surface area contributed by atoms with Gasteiger partial charge in [-0.05, 0) is 43.0 Å². The predicted octanol–water partition coefficient (Wildman–Crippen LogP) is 4.07. The van der Waals surface area contributed by atoms with Gasteiger partial charge in [0.1, 0.15) is 11.6 Å². The van der Waals surface area contributed by atoms with Crippen LogP contribution in [0.1, 0.15) is 31.4 Å². The number of halogens is 1. The Labute approximate surface area is 107 Å². The van der Waals surface area contributed by atoms with Crippen LogP contribution in [0.5, 0.6) is 0 Å². The molecule has 0 saturated heterocycles. The minimum absolute atomic E-state index is 0.224. The normalized spacial score (nSPS) is 10.9. The molecule has 0 bridgehead atoms. The summed E-state index contributed by atoms with van der Waals surface area (Å²) >= 11 is 0. The maximum atomic E-state index is 13.4. The van der Waals surface area contributed by atoms with E-state index in [1.807, 2.05) is 6.92 Å². The lowest BCUT2D eigenvalue weighted by Gasteiger charge is -2.12. The highest BCUT2D eigenvalue weighted by atomic mass is 19.1. The number of rotatable bonds is 4. The first-order valence-corrected chi connectivity index (χ1v) is 6.49. The first kappa shape index (κ1) is 12.8. The van der Waals surface area contributed by atoms with Crippen LogP contribution in [-0.4, -0.2) is 11.5 Å². The van der Waals surface area contributed by atoms with Crippen LogP contribution >= 0.6 is 0 Å². The van der Waals surface area contributed by atoms with Gasteiger partial charge in [0.2, 0.25) is 0 Å². The lowest BCUT2D eigenvalue weighted by Crippen LogP contribution is -2.05. The topological polar surface area (TPSA) is 24.9 Å². The van der Waals surface area contributed by atoms with E-state index in [-0.39, 0.29) is 5.82 Å². The van der Waals surface area contributed by atoms with Crippen LogP contribution in [-0.2, 0) is 6.42 Å². The third-order valence-corrected chi connectivity index (χ3v) is 3.11. The van der Waals surface area contributed by atoms with E-state index in [0.29, 0.717) is 0 Å². The van der Waals surface area contributed by atoms with Crippen LogP contribution in [0.4, 0.5) is 10.2 Å².